The molecule has 3 aromatic rings. The summed E-state index contributed by atoms with van der Waals surface area (Å²) >= 11 is 0. The first-order valence-electron chi connectivity index (χ1n) is 9.90. The van der Waals surface area contributed by atoms with Gasteiger partial charge in [0.15, 0.2) is 0 Å². The highest BCUT2D eigenvalue weighted by Gasteiger charge is 2.39. The van der Waals surface area contributed by atoms with Gasteiger partial charge in [-0.15, -0.1) is 0 Å². The van der Waals surface area contributed by atoms with Crippen LogP contribution in [0.5, 0.6) is 0 Å². The number of aromatic amines is 1. The predicted molar refractivity (Wildman–Crippen MR) is 112 cm³/mol. The lowest BCUT2D eigenvalue weighted by Gasteiger charge is -2.25. The largest absolute Gasteiger partial charge is 0.366 e. The van der Waals surface area contributed by atoms with E-state index in [1.807, 2.05) is 18.2 Å². The van der Waals surface area contributed by atoms with E-state index in [1.165, 1.54) is 31.9 Å². The molecule has 0 atom stereocenters. The van der Waals surface area contributed by atoms with Crippen LogP contribution in [0.3, 0.4) is 0 Å². The maximum Gasteiger partial charge on any atom is 0.261 e. The molecular formula is C23H20N4O2. The van der Waals surface area contributed by atoms with Crippen molar-refractivity contribution in [2.45, 2.75) is 37.8 Å². The molecule has 2 aliphatic heterocycles. The number of fused-ring (bicyclic) bond motifs is 3. The van der Waals surface area contributed by atoms with E-state index in [2.05, 4.69) is 21.3 Å². The second kappa shape index (κ2) is 6.78. The molecule has 2 fully saturated rings. The van der Waals surface area contributed by atoms with Crippen molar-refractivity contribution >= 4 is 28.2 Å². The molecule has 2 aromatic carbocycles. The van der Waals surface area contributed by atoms with Gasteiger partial charge in [0.2, 0.25) is 5.43 Å². The number of carbonyl (C=O) groups is 1. The fourth-order valence-corrected chi connectivity index (χ4v) is 4.75. The summed E-state index contributed by atoms with van der Waals surface area (Å²) in [6.45, 7) is 0. The van der Waals surface area contributed by atoms with E-state index in [1.54, 1.807) is 24.3 Å². The lowest BCUT2D eigenvalue weighted by atomic mass is 10.0. The van der Waals surface area contributed by atoms with Crippen molar-refractivity contribution in [3.8, 4) is 6.07 Å². The molecule has 0 radical (unpaired) electrons. The maximum absolute atomic E-state index is 12.8. The van der Waals surface area contributed by atoms with Crippen LogP contribution in [0.1, 0.15) is 41.6 Å². The van der Waals surface area contributed by atoms with Crippen LogP contribution in [0, 0.1) is 11.3 Å². The molecule has 144 valence electrons. The van der Waals surface area contributed by atoms with Crippen molar-refractivity contribution in [1.82, 2.24) is 4.98 Å². The van der Waals surface area contributed by atoms with E-state index in [0.29, 0.717) is 34.2 Å². The Morgan fingerprint density at radius 2 is 1.83 bits per heavy atom. The standard InChI is InChI=1S/C23H20N4O2/c24-12-14-11-17(27-15-5-6-16(27)8-7-15)9-10-20(14)26-23(29)19-13-25-21-4-2-1-3-18(21)22(19)28/h1-4,9-11,13,15-16H,5-8H2,(H,25,28)(H,26,29). The Morgan fingerprint density at radius 3 is 2.55 bits per heavy atom. The van der Waals surface area contributed by atoms with Gasteiger partial charge in [0, 0.05) is 34.9 Å². The minimum atomic E-state index is -0.525. The van der Waals surface area contributed by atoms with Crippen LogP contribution < -0.4 is 15.6 Å². The Kier molecular flexibility index (Phi) is 4.09. The van der Waals surface area contributed by atoms with Crippen molar-refractivity contribution in [2.24, 2.45) is 0 Å². The van der Waals surface area contributed by atoms with Crippen LogP contribution in [0.25, 0.3) is 10.9 Å². The van der Waals surface area contributed by atoms with Crippen LogP contribution in [0.2, 0.25) is 0 Å². The molecular weight excluding hydrogens is 364 g/mol. The molecule has 6 heteroatoms. The molecule has 0 saturated carbocycles. The smallest absolute Gasteiger partial charge is 0.261 e. The van der Waals surface area contributed by atoms with Crippen LogP contribution in [0.4, 0.5) is 11.4 Å². The molecule has 1 amide bonds. The first-order valence-corrected chi connectivity index (χ1v) is 9.90. The molecule has 0 aliphatic carbocycles. The first kappa shape index (κ1) is 17.5. The summed E-state index contributed by atoms with van der Waals surface area (Å²) in [4.78, 5) is 30.8. The molecule has 1 aromatic heterocycles. The zero-order valence-electron chi connectivity index (χ0n) is 15.8. The lowest BCUT2D eigenvalue weighted by molar-refractivity contribution is 0.102. The van der Waals surface area contributed by atoms with Crippen LogP contribution in [0.15, 0.2) is 53.5 Å². The molecule has 0 spiro atoms. The molecule has 2 bridgehead atoms. The number of amides is 1. The van der Waals surface area contributed by atoms with Gasteiger partial charge in [-0.05, 0) is 56.0 Å². The van der Waals surface area contributed by atoms with Crippen molar-refractivity contribution in [2.75, 3.05) is 10.2 Å². The third-order valence-electron chi connectivity index (χ3n) is 6.16. The number of nitriles is 1. The maximum atomic E-state index is 12.8. The van der Waals surface area contributed by atoms with Crippen molar-refractivity contribution < 1.29 is 4.79 Å². The highest BCUT2D eigenvalue weighted by Crippen LogP contribution is 2.41. The number of para-hydroxylation sites is 1. The van der Waals surface area contributed by atoms with Crippen molar-refractivity contribution in [1.29, 1.82) is 5.26 Å². The van der Waals surface area contributed by atoms with Crippen LogP contribution >= 0.6 is 0 Å². The van der Waals surface area contributed by atoms with Gasteiger partial charge in [-0.25, -0.2) is 0 Å². The lowest BCUT2D eigenvalue weighted by Crippen LogP contribution is -2.28. The zero-order chi connectivity index (χ0) is 20.0. The number of benzene rings is 2. The Morgan fingerprint density at radius 1 is 1.10 bits per heavy atom. The minimum absolute atomic E-state index is 0.0225. The fraction of sp³-hybridized carbons (Fsp3) is 0.261. The van der Waals surface area contributed by atoms with E-state index in [-0.39, 0.29) is 11.0 Å². The summed E-state index contributed by atoms with van der Waals surface area (Å²) in [6.07, 6.45) is 6.24. The molecule has 29 heavy (non-hydrogen) atoms. The Hall–Kier alpha value is -3.59. The predicted octanol–water partition coefficient (Wildman–Crippen LogP) is 3.78. The van der Waals surface area contributed by atoms with Crippen molar-refractivity contribution in [3.63, 3.8) is 0 Å². The van der Waals surface area contributed by atoms with Gasteiger partial charge in [-0.2, -0.15) is 5.26 Å². The normalized spacial score (nSPS) is 20.0. The van der Waals surface area contributed by atoms with Gasteiger partial charge in [-0.1, -0.05) is 12.1 Å². The van der Waals surface area contributed by atoms with E-state index >= 15 is 0 Å². The number of aromatic nitrogens is 1. The van der Waals surface area contributed by atoms with E-state index < -0.39 is 5.91 Å². The number of anilines is 2. The highest BCUT2D eigenvalue weighted by molar-refractivity contribution is 6.06. The van der Waals surface area contributed by atoms with Gasteiger partial charge in [0.1, 0.15) is 11.6 Å². The molecule has 6 nitrogen and oxygen atoms in total. The van der Waals surface area contributed by atoms with Crippen LogP contribution in [-0.4, -0.2) is 23.0 Å². The summed E-state index contributed by atoms with van der Waals surface area (Å²) in [6, 6.07) is 15.9. The number of H-pyrrole nitrogens is 1. The molecule has 2 N–H and O–H groups in total. The number of pyridine rings is 1. The van der Waals surface area contributed by atoms with Gasteiger partial charge < -0.3 is 15.2 Å². The Bertz CT molecular complexity index is 1200. The zero-order valence-corrected chi connectivity index (χ0v) is 15.8. The van der Waals surface area contributed by atoms with Gasteiger partial charge in [0.05, 0.1) is 11.3 Å². The molecule has 2 saturated heterocycles. The monoisotopic (exact) mass is 384 g/mol. The second-order valence-corrected chi connectivity index (χ2v) is 7.74. The molecule has 5 rings (SSSR count). The highest BCUT2D eigenvalue weighted by atomic mass is 16.2. The molecule has 0 unspecified atom stereocenters. The quantitative estimate of drug-likeness (QED) is 0.719. The Labute approximate surface area is 167 Å². The summed E-state index contributed by atoms with van der Waals surface area (Å²) < 4.78 is 0. The molecule has 3 heterocycles. The van der Waals surface area contributed by atoms with E-state index in [4.69, 9.17) is 0 Å². The number of hydrogen-bond donors (Lipinski definition) is 2. The van der Waals surface area contributed by atoms with Crippen molar-refractivity contribution in [3.05, 3.63) is 70.0 Å². The SMILES string of the molecule is N#Cc1cc(N2C3CCC2CC3)ccc1NC(=O)c1c[nH]c2ccccc2c1=O. The third-order valence-corrected chi connectivity index (χ3v) is 6.16. The van der Waals surface area contributed by atoms with Crippen LogP contribution in [-0.2, 0) is 0 Å². The second-order valence-electron chi connectivity index (χ2n) is 7.74. The molecule has 2 aliphatic rings. The minimum Gasteiger partial charge on any atom is -0.366 e. The van der Waals surface area contributed by atoms with Gasteiger partial charge in [-0.3, -0.25) is 9.59 Å². The number of hydrogen-bond acceptors (Lipinski definition) is 4. The van der Waals surface area contributed by atoms with E-state index in [0.717, 1.165) is 5.69 Å². The van der Waals surface area contributed by atoms with Gasteiger partial charge >= 0.3 is 0 Å². The fourth-order valence-electron chi connectivity index (χ4n) is 4.75. The average molecular weight is 384 g/mol. The average Bonchev–Trinajstić information content (AvgIpc) is 3.35. The summed E-state index contributed by atoms with van der Waals surface area (Å²) in [7, 11) is 0. The summed E-state index contributed by atoms with van der Waals surface area (Å²) in [5.41, 5.74) is 2.22. The third kappa shape index (κ3) is 2.87. The topological polar surface area (TPSA) is 89.0 Å². The number of carbonyl (C=O) groups excluding carboxylic acids is 1. The number of rotatable bonds is 3. The number of nitrogens with one attached hydrogen (secondary N) is 2. The van der Waals surface area contributed by atoms with E-state index in [9.17, 15) is 14.9 Å². The summed E-state index contributed by atoms with van der Waals surface area (Å²) in [5.74, 6) is -0.525. The number of nitrogens with zero attached hydrogens (tertiary/aromatic N) is 2. The van der Waals surface area contributed by atoms with Gasteiger partial charge in [0.25, 0.3) is 5.91 Å². The Balaban J connectivity index is 1.45. The first-order chi connectivity index (χ1) is 14.2. The summed E-state index contributed by atoms with van der Waals surface area (Å²) in [5, 5.41) is 12.8.